The van der Waals surface area contributed by atoms with Crippen molar-refractivity contribution < 1.29 is 72.1 Å². The zero-order valence-corrected chi connectivity index (χ0v) is 58.8. The Morgan fingerprint density at radius 2 is 0.808 bits per heavy atom. The predicted molar refractivity (Wildman–Crippen MR) is 381 cm³/mol. The van der Waals surface area contributed by atoms with E-state index in [1.54, 1.807) is 0 Å². The van der Waals surface area contributed by atoms with Crippen LogP contribution in [0.15, 0.2) is 158 Å². The first-order chi connectivity index (χ1) is 48.1. The molecule has 0 bridgehead atoms. The average molecular weight is 1360 g/mol. The number of hydrogen-bond donors (Lipinski definition) is 2. The SMILES string of the molecule is CCCCC[C@@H](CC[C@@H]1[C@H]2Cc3cccc(OCC(=O)OCc4ccccc4)c3C[C@H]2C[C@H]1C)OC(=O)CCC(=O)OCc1ccccc1.CCCCC[C@H](O)CC[C@@H]1[C@H]2Cc3cccc(OCC(=O)OCc4ccccc4)c3C[C@H]2C[C@H]1C.O=C(O)CCC(=O)OCc1ccccc1. The third kappa shape index (κ3) is 25.7. The number of fused-ring (bicyclic) bond motifs is 4. The molecule has 6 aromatic rings. The highest BCUT2D eigenvalue weighted by Crippen LogP contribution is 2.52. The predicted octanol–water partition coefficient (Wildman–Crippen LogP) is 16.7. The lowest BCUT2D eigenvalue weighted by molar-refractivity contribution is -0.154. The van der Waals surface area contributed by atoms with Gasteiger partial charge in [-0.15, -0.1) is 0 Å². The van der Waals surface area contributed by atoms with E-state index in [-0.39, 0.29) is 101 Å². The maximum atomic E-state index is 12.8. The van der Waals surface area contributed by atoms with Crippen LogP contribution in [0, 0.1) is 47.3 Å². The normalized spacial score (nSPS) is 19.8. The van der Waals surface area contributed by atoms with Crippen LogP contribution >= 0.6 is 0 Å². The fourth-order valence-corrected chi connectivity index (χ4v) is 15.2. The molecule has 2 fully saturated rings. The number of aliphatic hydroxyl groups excluding tert-OH is 1. The Morgan fingerprint density at radius 3 is 1.22 bits per heavy atom. The van der Waals surface area contributed by atoms with Crippen LogP contribution in [0.3, 0.4) is 0 Å². The van der Waals surface area contributed by atoms with Crippen molar-refractivity contribution in [2.45, 2.75) is 208 Å². The van der Waals surface area contributed by atoms with Crippen molar-refractivity contribution in [1.82, 2.24) is 0 Å². The molecule has 0 aliphatic heterocycles. The van der Waals surface area contributed by atoms with E-state index in [9.17, 15) is 33.9 Å². The Balaban J connectivity index is 0.000000216. The summed E-state index contributed by atoms with van der Waals surface area (Å²) in [6.07, 6.45) is 18.5. The van der Waals surface area contributed by atoms with Gasteiger partial charge in [0.2, 0.25) is 0 Å². The van der Waals surface area contributed by atoms with E-state index in [0.717, 1.165) is 130 Å². The molecule has 0 radical (unpaired) electrons. The summed E-state index contributed by atoms with van der Waals surface area (Å²) in [6.45, 7) is 9.89. The Kier molecular flexibility index (Phi) is 31.9. The number of unbranched alkanes of at least 4 members (excludes halogenated alkanes) is 4. The second kappa shape index (κ2) is 41.3. The van der Waals surface area contributed by atoms with Crippen LogP contribution < -0.4 is 9.47 Å². The van der Waals surface area contributed by atoms with Gasteiger partial charge in [-0.25, -0.2) is 9.59 Å². The number of carbonyl (C=O) groups excluding carboxylic acids is 5. The molecule has 10 atom stereocenters. The lowest BCUT2D eigenvalue weighted by Gasteiger charge is -2.33. The maximum absolute atomic E-state index is 12.8. The van der Waals surface area contributed by atoms with Gasteiger partial charge in [-0.3, -0.25) is 19.2 Å². The summed E-state index contributed by atoms with van der Waals surface area (Å²) in [5.41, 5.74) is 8.90. The molecule has 15 nitrogen and oxygen atoms in total. The van der Waals surface area contributed by atoms with Crippen LogP contribution in [0.5, 0.6) is 11.5 Å². The first-order valence-electron chi connectivity index (χ1n) is 36.5. The molecule has 2 saturated carbocycles. The van der Waals surface area contributed by atoms with Gasteiger partial charge in [0, 0.05) is 0 Å². The van der Waals surface area contributed by atoms with Crippen molar-refractivity contribution >= 4 is 35.8 Å². The Hall–Kier alpha value is -8.30. The van der Waals surface area contributed by atoms with Crippen LogP contribution in [-0.2, 0) is 105 Å². The first-order valence-corrected chi connectivity index (χ1v) is 36.5. The van der Waals surface area contributed by atoms with E-state index < -0.39 is 11.9 Å². The molecule has 99 heavy (non-hydrogen) atoms. The van der Waals surface area contributed by atoms with E-state index in [0.29, 0.717) is 47.3 Å². The summed E-state index contributed by atoms with van der Waals surface area (Å²) in [5, 5.41) is 18.8. The molecule has 10 rings (SSSR count). The van der Waals surface area contributed by atoms with Gasteiger partial charge in [0.1, 0.15) is 44.0 Å². The molecule has 0 spiro atoms. The average Bonchev–Trinajstić information content (AvgIpc) is 1.66. The highest BCUT2D eigenvalue weighted by Gasteiger charge is 2.45. The summed E-state index contributed by atoms with van der Waals surface area (Å²) < 4.78 is 39.0. The third-order valence-corrected chi connectivity index (χ3v) is 20.4. The zero-order chi connectivity index (χ0) is 70.1. The van der Waals surface area contributed by atoms with Crippen LogP contribution in [0.2, 0.25) is 0 Å². The fraction of sp³-hybridized carbons (Fsp3) is 0.500. The fourth-order valence-electron chi connectivity index (χ4n) is 15.2. The molecule has 15 heteroatoms. The molecule has 2 N–H and O–H groups in total. The highest BCUT2D eigenvalue weighted by molar-refractivity contribution is 5.78. The minimum Gasteiger partial charge on any atom is -0.482 e. The lowest BCUT2D eigenvalue weighted by atomic mass is 9.73. The maximum Gasteiger partial charge on any atom is 0.344 e. The minimum absolute atomic E-state index is 0.0245. The molecule has 6 aromatic carbocycles. The van der Waals surface area contributed by atoms with Gasteiger partial charge >= 0.3 is 35.8 Å². The summed E-state index contributed by atoms with van der Waals surface area (Å²) in [6, 6.07) is 50.6. The van der Waals surface area contributed by atoms with Gasteiger partial charge in [-0.2, -0.15) is 0 Å². The summed E-state index contributed by atoms with van der Waals surface area (Å²) >= 11 is 0. The molecule has 0 saturated heterocycles. The van der Waals surface area contributed by atoms with Gasteiger partial charge in [0.05, 0.1) is 31.8 Å². The smallest absolute Gasteiger partial charge is 0.344 e. The molecular formula is C84H106O15. The van der Waals surface area contributed by atoms with Crippen molar-refractivity contribution in [3.05, 3.63) is 202 Å². The third-order valence-electron chi connectivity index (χ3n) is 20.4. The number of benzene rings is 6. The number of rotatable bonds is 35. The molecule has 4 aliphatic rings. The number of carboxylic acids is 1. The van der Waals surface area contributed by atoms with Crippen LogP contribution in [-0.4, -0.2) is 71.5 Å². The van der Waals surface area contributed by atoms with E-state index >= 15 is 0 Å². The van der Waals surface area contributed by atoms with Crippen molar-refractivity contribution in [1.29, 1.82) is 0 Å². The zero-order valence-electron chi connectivity index (χ0n) is 58.8. The Morgan fingerprint density at radius 1 is 0.424 bits per heavy atom. The lowest BCUT2D eigenvalue weighted by Crippen LogP contribution is -2.28. The highest BCUT2D eigenvalue weighted by atomic mass is 16.6. The molecule has 532 valence electrons. The molecule has 0 amide bonds. The second-order valence-electron chi connectivity index (χ2n) is 27.7. The number of ether oxygens (including phenoxy) is 7. The number of aliphatic carboxylic acids is 1. The van der Waals surface area contributed by atoms with Crippen molar-refractivity contribution in [2.75, 3.05) is 13.2 Å². The number of carbonyl (C=O) groups is 6. The number of hydrogen-bond acceptors (Lipinski definition) is 14. The van der Waals surface area contributed by atoms with Crippen molar-refractivity contribution in [3.8, 4) is 11.5 Å². The number of carboxylic acid groups (broad SMARTS) is 1. The van der Waals surface area contributed by atoms with Gasteiger partial charge < -0.3 is 43.4 Å². The molecule has 0 heterocycles. The van der Waals surface area contributed by atoms with Crippen molar-refractivity contribution in [3.63, 3.8) is 0 Å². The van der Waals surface area contributed by atoms with E-state index in [4.69, 9.17) is 38.3 Å². The largest absolute Gasteiger partial charge is 0.482 e. The quantitative estimate of drug-likeness (QED) is 0.0216. The minimum atomic E-state index is -0.994. The van der Waals surface area contributed by atoms with Gasteiger partial charge in [0.25, 0.3) is 0 Å². The Bertz CT molecular complexity index is 3410. The van der Waals surface area contributed by atoms with E-state index in [2.05, 4.69) is 45.9 Å². The summed E-state index contributed by atoms with van der Waals surface area (Å²) in [5.74, 6) is 3.71. The summed E-state index contributed by atoms with van der Waals surface area (Å²) in [4.78, 5) is 71.0. The number of esters is 5. The van der Waals surface area contributed by atoms with Gasteiger partial charge in [-0.1, -0.05) is 205 Å². The monoisotopic (exact) mass is 1350 g/mol. The topological polar surface area (TPSA) is 207 Å². The Labute approximate surface area is 587 Å². The van der Waals surface area contributed by atoms with Crippen LogP contribution in [0.25, 0.3) is 0 Å². The molecule has 4 aliphatic carbocycles. The summed E-state index contributed by atoms with van der Waals surface area (Å²) in [7, 11) is 0. The van der Waals surface area contributed by atoms with Crippen molar-refractivity contribution in [2.24, 2.45) is 47.3 Å². The molecule has 0 aromatic heterocycles. The molecule has 0 unspecified atom stereocenters. The second-order valence-corrected chi connectivity index (χ2v) is 27.7. The van der Waals surface area contributed by atoms with Crippen LogP contribution in [0.4, 0.5) is 0 Å². The van der Waals surface area contributed by atoms with Gasteiger partial charge in [0.15, 0.2) is 13.2 Å². The number of aliphatic hydroxyl groups is 1. The van der Waals surface area contributed by atoms with E-state index in [1.807, 2.05) is 140 Å². The van der Waals surface area contributed by atoms with Crippen LogP contribution in [0.1, 0.15) is 188 Å². The first kappa shape index (κ1) is 76.5. The molecular weight excluding hydrogens is 1250 g/mol. The van der Waals surface area contributed by atoms with Gasteiger partial charge in [-0.05, 0) is 187 Å². The standard InChI is InChI=1S/C42H52O7.C31H42O4.C11H12O4/c1-3-4-7-18-35(49-41(44)23-22-40(43)47-27-31-13-8-5-9-14-31)20-21-36-30(2)24-34-26-38-33(25-37(34)36)17-12-19-39(38)46-29-42(45)48-28-32-15-10-6-11-16-32;1-3-4-6-13-26(32)15-16-27-22(2)17-25-19-29-24(18-28(25)27)12-9-14-30(29)34-21-31(33)35-20-23-10-7-5-8-11-23;12-10(13)6-7-11(14)15-8-9-4-2-1-3-5-9/h5-6,8-17,19,30,34-37H,3-4,7,18,20-29H2,1-2H3;5,7-12,14,22,25-28,32H,3-4,6,13,15-21H2,1-2H3;1-5H,6-8H2,(H,12,13)/t30-,34-,35+,36+,37+;22-,25-,26+,27+,28+;/m11./s1. The van der Waals surface area contributed by atoms with E-state index in [1.165, 1.54) is 41.5 Å².